The molecule has 2 N–H and O–H groups in total. The van der Waals surface area contributed by atoms with Gasteiger partial charge in [0.25, 0.3) is 5.91 Å². The first kappa shape index (κ1) is 19.0. The summed E-state index contributed by atoms with van der Waals surface area (Å²) in [4.78, 5) is 37.5. The van der Waals surface area contributed by atoms with Crippen LogP contribution in [0.4, 0.5) is 0 Å². The highest BCUT2D eigenvalue weighted by Gasteiger charge is 2.56. The topological polar surface area (TPSA) is 104 Å². The van der Waals surface area contributed by atoms with Gasteiger partial charge in [-0.2, -0.15) is 0 Å². The Morgan fingerprint density at radius 2 is 2.04 bits per heavy atom. The molecule has 2 aliphatic rings. The van der Waals surface area contributed by atoms with Crippen LogP contribution in [0.3, 0.4) is 0 Å². The summed E-state index contributed by atoms with van der Waals surface area (Å²) in [5, 5.41) is 11.3. The Hall–Kier alpha value is -2.74. The summed E-state index contributed by atoms with van der Waals surface area (Å²) in [5.74, 6) is -2.12. The fraction of sp³-hybridized carbons (Fsp3) is 0.316. The molecule has 1 aromatic rings. The van der Waals surface area contributed by atoms with Crippen molar-refractivity contribution >= 4 is 28.6 Å². The molecule has 8 heteroatoms. The molecule has 0 bridgehead atoms. The van der Waals surface area contributed by atoms with Gasteiger partial charge in [-0.25, -0.2) is 4.79 Å². The third-order valence-electron chi connectivity index (χ3n) is 4.44. The van der Waals surface area contributed by atoms with Crippen molar-refractivity contribution in [2.24, 2.45) is 0 Å². The Kier molecular flexibility index (Phi) is 5.55. The second-order valence-electron chi connectivity index (χ2n) is 6.32. The van der Waals surface area contributed by atoms with Gasteiger partial charge in [-0.05, 0) is 17.6 Å². The number of carbonyl (C=O) groups excluding carboxylic acids is 2. The highest BCUT2D eigenvalue weighted by molar-refractivity contribution is 7.86. The number of carboxylic acids is 1. The van der Waals surface area contributed by atoms with Crippen LogP contribution >= 0.6 is 0 Å². The van der Waals surface area contributed by atoms with Crippen molar-refractivity contribution in [3.63, 3.8) is 0 Å². The number of rotatable bonds is 6. The van der Waals surface area contributed by atoms with Crippen molar-refractivity contribution in [2.45, 2.75) is 31.2 Å². The fourth-order valence-corrected chi connectivity index (χ4v) is 4.84. The van der Waals surface area contributed by atoms with Gasteiger partial charge < -0.3 is 10.4 Å². The summed E-state index contributed by atoms with van der Waals surface area (Å²) in [5.41, 5.74) is 1.01. The third kappa shape index (κ3) is 3.71. The van der Waals surface area contributed by atoms with E-state index in [0.29, 0.717) is 12.0 Å². The number of carboxylic acid groups (broad SMARTS) is 1. The lowest BCUT2D eigenvalue weighted by Gasteiger charge is -2.48. The van der Waals surface area contributed by atoms with E-state index in [0.717, 1.165) is 10.5 Å². The van der Waals surface area contributed by atoms with Crippen LogP contribution < -0.4 is 5.32 Å². The molecule has 27 heavy (non-hydrogen) atoms. The number of β-lactam (4-membered cyclic amide) rings is 1. The average molecular weight is 388 g/mol. The monoisotopic (exact) mass is 388 g/mol. The lowest BCUT2D eigenvalue weighted by Crippen LogP contribution is -2.73. The number of benzene rings is 1. The molecule has 2 aliphatic heterocycles. The number of carbonyl (C=O) groups is 3. The molecule has 2 heterocycles. The molecule has 1 fully saturated rings. The Bertz CT molecular complexity index is 862. The van der Waals surface area contributed by atoms with Gasteiger partial charge in [0, 0.05) is 0 Å². The maximum atomic E-state index is 12.6. The molecule has 0 aromatic heterocycles. The Morgan fingerprint density at radius 3 is 2.67 bits per heavy atom. The molecule has 0 aliphatic carbocycles. The van der Waals surface area contributed by atoms with E-state index in [9.17, 15) is 23.7 Å². The van der Waals surface area contributed by atoms with Gasteiger partial charge in [0.1, 0.15) is 17.1 Å². The smallest absolute Gasteiger partial charge is 0.352 e. The molecule has 7 nitrogen and oxygen atoms in total. The maximum absolute atomic E-state index is 12.6. The zero-order valence-corrected chi connectivity index (χ0v) is 15.6. The minimum absolute atomic E-state index is 0.0393. The third-order valence-corrected chi connectivity index (χ3v) is 6.05. The van der Waals surface area contributed by atoms with E-state index < -0.39 is 34.1 Å². The van der Waals surface area contributed by atoms with Crippen LogP contribution in [-0.2, 0) is 31.6 Å². The van der Waals surface area contributed by atoms with Gasteiger partial charge in [0.05, 0.1) is 23.0 Å². The number of fused-ring (bicyclic) bond motifs is 1. The van der Waals surface area contributed by atoms with Gasteiger partial charge in [-0.15, -0.1) is 0 Å². The number of hydrogen-bond donors (Lipinski definition) is 2. The molecule has 3 unspecified atom stereocenters. The van der Waals surface area contributed by atoms with Gasteiger partial charge in [-0.3, -0.25) is 18.7 Å². The van der Waals surface area contributed by atoms with E-state index in [2.05, 4.69) is 5.32 Å². The molecule has 142 valence electrons. The van der Waals surface area contributed by atoms with Crippen molar-refractivity contribution in [1.29, 1.82) is 0 Å². The quantitative estimate of drug-likeness (QED) is 0.706. The number of nitrogens with zero attached hydrogens (tertiary/aromatic N) is 1. The van der Waals surface area contributed by atoms with E-state index in [-0.39, 0.29) is 23.8 Å². The zero-order valence-electron chi connectivity index (χ0n) is 14.8. The van der Waals surface area contributed by atoms with Crippen LogP contribution in [0.25, 0.3) is 0 Å². The molecule has 0 spiro atoms. The number of aliphatic carboxylic acids is 1. The lowest BCUT2D eigenvalue weighted by atomic mass is 10.0. The van der Waals surface area contributed by atoms with Crippen LogP contribution in [0.2, 0.25) is 0 Å². The van der Waals surface area contributed by atoms with Crippen molar-refractivity contribution in [3.05, 3.63) is 59.3 Å². The van der Waals surface area contributed by atoms with Crippen molar-refractivity contribution in [1.82, 2.24) is 10.2 Å². The van der Waals surface area contributed by atoms with Crippen molar-refractivity contribution < 1.29 is 23.7 Å². The van der Waals surface area contributed by atoms with E-state index in [1.54, 1.807) is 24.3 Å². The van der Waals surface area contributed by atoms with Crippen LogP contribution in [0.1, 0.15) is 18.9 Å². The molecular formula is C19H20N2O5S. The molecule has 2 amide bonds. The SMILES string of the molecule is CCC=CC1=C(C(=O)O)N2C(=O)C(NC(=O)Cc3ccccc3)C2S(=O)C1. The van der Waals surface area contributed by atoms with E-state index >= 15 is 0 Å². The molecule has 1 aromatic carbocycles. The largest absolute Gasteiger partial charge is 0.477 e. The standard InChI is InChI=1S/C19H20N2O5S/c1-2-3-9-13-11-27(26)18-15(17(23)21(18)16(13)19(24)25)20-14(22)10-12-7-5-4-6-8-12/h3-9,15,18H,2,10-11H2,1H3,(H,20,22)(H,24,25). The zero-order chi connectivity index (χ0) is 19.6. The predicted octanol–water partition coefficient (Wildman–Crippen LogP) is 0.949. The van der Waals surface area contributed by atoms with Crippen LogP contribution in [0.5, 0.6) is 0 Å². The van der Waals surface area contributed by atoms with Gasteiger partial charge in [-0.1, -0.05) is 49.4 Å². The minimum atomic E-state index is -1.49. The first-order valence-corrected chi connectivity index (χ1v) is 9.98. The Labute approximate surface area is 159 Å². The highest BCUT2D eigenvalue weighted by Crippen LogP contribution is 2.35. The first-order chi connectivity index (χ1) is 12.9. The van der Waals surface area contributed by atoms with Crippen molar-refractivity contribution in [3.8, 4) is 0 Å². The Morgan fingerprint density at radius 1 is 1.33 bits per heavy atom. The number of amides is 2. The van der Waals surface area contributed by atoms with E-state index in [4.69, 9.17) is 0 Å². The summed E-state index contributed by atoms with van der Waals surface area (Å²) in [6, 6.07) is 8.09. The average Bonchev–Trinajstić information content (AvgIpc) is 2.64. The Balaban J connectivity index is 1.78. The molecular weight excluding hydrogens is 368 g/mol. The first-order valence-electron chi connectivity index (χ1n) is 8.60. The molecule has 0 saturated carbocycles. The summed E-state index contributed by atoms with van der Waals surface area (Å²) in [6.07, 6.45) is 4.15. The summed E-state index contributed by atoms with van der Waals surface area (Å²) >= 11 is 0. The normalized spacial score (nSPS) is 24.6. The number of nitrogens with one attached hydrogen (secondary N) is 1. The summed E-state index contributed by atoms with van der Waals surface area (Å²) in [7, 11) is -1.49. The van der Waals surface area contributed by atoms with Gasteiger partial charge in [0.15, 0.2) is 0 Å². The second kappa shape index (κ2) is 7.87. The second-order valence-corrected chi connectivity index (χ2v) is 7.85. The lowest BCUT2D eigenvalue weighted by molar-refractivity contribution is -0.150. The van der Waals surface area contributed by atoms with Gasteiger partial charge in [0.2, 0.25) is 5.91 Å². The summed E-state index contributed by atoms with van der Waals surface area (Å²) < 4.78 is 12.6. The van der Waals surface area contributed by atoms with Gasteiger partial charge >= 0.3 is 5.97 Å². The molecule has 1 saturated heterocycles. The highest BCUT2D eigenvalue weighted by atomic mass is 32.2. The molecule has 3 atom stereocenters. The maximum Gasteiger partial charge on any atom is 0.352 e. The minimum Gasteiger partial charge on any atom is -0.477 e. The van der Waals surface area contributed by atoms with Crippen LogP contribution in [0.15, 0.2) is 53.8 Å². The van der Waals surface area contributed by atoms with Crippen LogP contribution in [-0.4, -0.2) is 49.2 Å². The molecule has 3 rings (SSSR count). The van der Waals surface area contributed by atoms with E-state index in [1.807, 2.05) is 25.1 Å². The number of allylic oxidation sites excluding steroid dienone is 2. The van der Waals surface area contributed by atoms with E-state index in [1.165, 1.54) is 0 Å². The number of hydrogen-bond acceptors (Lipinski definition) is 4. The molecule has 0 radical (unpaired) electrons. The van der Waals surface area contributed by atoms with Crippen LogP contribution in [0, 0.1) is 0 Å². The van der Waals surface area contributed by atoms with Crippen molar-refractivity contribution in [2.75, 3.05) is 5.75 Å². The predicted molar refractivity (Wildman–Crippen MR) is 99.8 cm³/mol. The fourth-order valence-electron chi connectivity index (χ4n) is 3.20. The summed E-state index contributed by atoms with van der Waals surface area (Å²) in [6.45, 7) is 1.90.